The Kier molecular flexibility index (Phi) is 3.98. The first-order valence-corrected chi connectivity index (χ1v) is 4.56. The van der Waals surface area contributed by atoms with E-state index in [1.807, 2.05) is 0 Å². The number of alkyl halides is 1. The lowest BCUT2D eigenvalue weighted by Crippen LogP contribution is -1.88. The molecule has 14 heavy (non-hydrogen) atoms. The van der Waals surface area contributed by atoms with Gasteiger partial charge in [-0.1, -0.05) is 17.9 Å². The number of halogens is 2. The highest BCUT2D eigenvalue weighted by atomic mass is 35.5. The quantitative estimate of drug-likeness (QED) is 0.513. The molecule has 1 aromatic rings. The van der Waals surface area contributed by atoms with Crippen molar-refractivity contribution in [3.05, 3.63) is 35.1 Å². The smallest absolute Gasteiger partial charge is 0.156 e. The molecule has 0 heterocycles. The first-order chi connectivity index (χ1) is 6.79. The Morgan fingerprint density at radius 2 is 2.07 bits per heavy atom. The Labute approximate surface area is 87.1 Å². The molecule has 0 aliphatic carbocycles. The summed E-state index contributed by atoms with van der Waals surface area (Å²) < 4.78 is 13.3. The normalized spacial score (nSPS) is 8.64. The summed E-state index contributed by atoms with van der Waals surface area (Å²) in [4.78, 5) is 0. The minimum absolute atomic E-state index is 0.0164. The van der Waals surface area contributed by atoms with Gasteiger partial charge >= 0.3 is 0 Å². The number of hydrogen-bond donors (Lipinski definition) is 0. The standard InChI is InChI=1S/C11H7ClFN/c12-7-2-1-4-9-5-3-6-10(8-14)11(9)13/h3,5-6H,2,7H2. The lowest BCUT2D eigenvalue weighted by Gasteiger charge is -1.94. The van der Waals surface area contributed by atoms with Crippen molar-refractivity contribution in [2.75, 3.05) is 5.88 Å². The van der Waals surface area contributed by atoms with Crippen molar-refractivity contribution in [3.63, 3.8) is 0 Å². The van der Waals surface area contributed by atoms with Gasteiger partial charge in [0.15, 0.2) is 5.82 Å². The van der Waals surface area contributed by atoms with Crippen molar-refractivity contribution in [1.29, 1.82) is 5.26 Å². The summed E-state index contributed by atoms with van der Waals surface area (Å²) in [6.45, 7) is 0. The maximum Gasteiger partial charge on any atom is 0.156 e. The molecule has 0 aliphatic rings. The fourth-order valence-electron chi connectivity index (χ4n) is 0.920. The molecular weight excluding hydrogens is 201 g/mol. The van der Waals surface area contributed by atoms with Gasteiger partial charge in [-0.05, 0) is 12.1 Å². The Balaban J connectivity index is 3.01. The van der Waals surface area contributed by atoms with Gasteiger partial charge in [-0.2, -0.15) is 5.26 Å². The van der Waals surface area contributed by atoms with Gasteiger partial charge in [0.05, 0.1) is 11.1 Å². The molecule has 1 aromatic carbocycles. The summed E-state index contributed by atoms with van der Waals surface area (Å²) in [5.41, 5.74) is 0.261. The van der Waals surface area contributed by atoms with Crippen molar-refractivity contribution in [2.45, 2.75) is 6.42 Å². The molecule has 3 heteroatoms. The van der Waals surface area contributed by atoms with E-state index in [4.69, 9.17) is 16.9 Å². The van der Waals surface area contributed by atoms with Gasteiger partial charge in [0.25, 0.3) is 0 Å². The van der Waals surface area contributed by atoms with Crippen LogP contribution in [0.3, 0.4) is 0 Å². The molecule has 0 unspecified atom stereocenters. The molecule has 0 radical (unpaired) electrons. The van der Waals surface area contributed by atoms with Crippen LogP contribution in [0, 0.1) is 29.0 Å². The van der Waals surface area contributed by atoms with Crippen molar-refractivity contribution in [1.82, 2.24) is 0 Å². The van der Waals surface area contributed by atoms with Crippen molar-refractivity contribution in [3.8, 4) is 17.9 Å². The summed E-state index contributed by atoms with van der Waals surface area (Å²) in [6.07, 6.45) is 0.512. The van der Waals surface area contributed by atoms with Crippen LogP contribution in [0.15, 0.2) is 18.2 Å². The molecule has 1 nitrogen and oxygen atoms in total. The maximum absolute atomic E-state index is 13.3. The Hall–Kier alpha value is -1.51. The summed E-state index contributed by atoms with van der Waals surface area (Å²) in [5.74, 6) is 5.21. The average molecular weight is 208 g/mol. The van der Waals surface area contributed by atoms with E-state index < -0.39 is 5.82 Å². The topological polar surface area (TPSA) is 23.8 Å². The largest absolute Gasteiger partial charge is 0.204 e. The molecule has 0 saturated carbocycles. The van der Waals surface area contributed by atoms with E-state index in [0.29, 0.717) is 12.3 Å². The first-order valence-electron chi connectivity index (χ1n) is 4.03. The SMILES string of the molecule is N#Cc1cccc(C#CCCCl)c1F. The molecule has 0 atom stereocenters. The minimum Gasteiger partial charge on any atom is -0.204 e. The van der Waals surface area contributed by atoms with E-state index in [1.165, 1.54) is 12.1 Å². The zero-order chi connectivity index (χ0) is 10.4. The van der Waals surface area contributed by atoms with Crippen LogP contribution < -0.4 is 0 Å². The Morgan fingerprint density at radius 3 is 2.71 bits per heavy atom. The second-order valence-electron chi connectivity index (χ2n) is 2.52. The van der Waals surface area contributed by atoms with Gasteiger partial charge in [0, 0.05) is 12.3 Å². The van der Waals surface area contributed by atoms with E-state index in [0.717, 1.165) is 0 Å². The molecule has 0 amide bonds. The summed E-state index contributed by atoms with van der Waals surface area (Å²) in [5, 5.41) is 8.56. The molecule has 0 spiro atoms. The molecule has 0 bridgehead atoms. The molecule has 0 N–H and O–H groups in total. The van der Waals surface area contributed by atoms with E-state index in [1.54, 1.807) is 12.1 Å². The molecule has 70 valence electrons. The fraction of sp³-hybridized carbons (Fsp3) is 0.182. The van der Waals surface area contributed by atoms with Crippen molar-refractivity contribution >= 4 is 11.6 Å². The van der Waals surface area contributed by atoms with Gasteiger partial charge in [-0.3, -0.25) is 0 Å². The van der Waals surface area contributed by atoms with E-state index in [9.17, 15) is 4.39 Å². The van der Waals surface area contributed by atoms with Gasteiger partial charge < -0.3 is 0 Å². The number of nitrogens with zero attached hydrogens (tertiary/aromatic N) is 1. The number of benzene rings is 1. The predicted octanol–water partition coefficient (Wildman–Crippen LogP) is 2.68. The second-order valence-corrected chi connectivity index (χ2v) is 2.90. The third-order valence-corrected chi connectivity index (χ3v) is 1.75. The Bertz CT molecular complexity index is 423. The van der Waals surface area contributed by atoms with Crippen molar-refractivity contribution in [2.24, 2.45) is 0 Å². The number of rotatable bonds is 1. The lowest BCUT2D eigenvalue weighted by molar-refractivity contribution is 0.620. The minimum atomic E-state index is -0.558. The van der Waals surface area contributed by atoms with Crippen LogP contribution in [-0.4, -0.2) is 5.88 Å². The zero-order valence-electron chi connectivity index (χ0n) is 7.35. The maximum atomic E-state index is 13.3. The van der Waals surface area contributed by atoms with Crippen LogP contribution in [0.4, 0.5) is 4.39 Å². The van der Waals surface area contributed by atoms with Gasteiger partial charge in [0.1, 0.15) is 6.07 Å². The number of nitriles is 1. The summed E-state index contributed by atoms with van der Waals surface area (Å²) in [7, 11) is 0. The van der Waals surface area contributed by atoms with Gasteiger partial charge in [-0.25, -0.2) is 4.39 Å². The molecule has 0 aromatic heterocycles. The summed E-state index contributed by atoms with van der Waals surface area (Å²) >= 11 is 5.42. The lowest BCUT2D eigenvalue weighted by atomic mass is 10.1. The van der Waals surface area contributed by atoms with Gasteiger partial charge in [0.2, 0.25) is 0 Å². The summed E-state index contributed by atoms with van der Waals surface area (Å²) in [6, 6.07) is 6.32. The molecule has 1 rings (SSSR count). The Morgan fingerprint density at radius 1 is 1.36 bits per heavy atom. The van der Waals surface area contributed by atoms with Gasteiger partial charge in [-0.15, -0.1) is 11.6 Å². The van der Waals surface area contributed by atoms with Crippen LogP contribution in [0.5, 0.6) is 0 Å². The van der Waals surface area contributed by atoms with Crippen LogP contribution in [-0.2, 0) is 0 Å². The van der Waals surface area contributed by atoms with Crippen LogP contribution in [0.2, 0.25) is 0 Å². The second kappa shape index (κ2) is 5.27. The molecular formula is C11H7ClFN. The van der Waals surface area contributed by atoms with Crippen molar-refractivity contribution < 1.29 is 4.39 Å². The highest BCUT2D eigenvalue weighted by Crippen LogP contribution is 2.10. The number of hydrogen-bond acceptors (Lipinski definition) is 1. The predicted molar refractivity (Wildman–Crippen MR) is 53.3 cm³/mol. The van der Waals surface area contributed by atoms with Crippen LogP contribution in [0.1, 0.15) is 17.5 Å². The third kappa shape index (κ3) is 2.49. The molecule has 0 aliphatic heterocycles. The van der Waals surface area contributed by atoms with E-state index in [2.05, 4.69) is 11.8 Å². The highest BCUT2D eigenvalue weighted by Gasteiger charge is 2.04. The fourth-order valence-corrected chi connectivity index (χ4v) is 1.01. The average Bonchev–Trinajstić information content (AvgIpc) is 2.21. The molecule has 0 saturated heterocycles. The third-order valence-electron chi connectivity index (χ3n) is 1.56. The highest BCUT2D eigenvalue weighted by molar-refractivity contribution is 6.18. The van der Waals surface area contributed by atoms with E-state index >= 15 is 0 Å². The zero-order valence-corrected chi connectivity index (χ0v) is 8.11. The van der Waals surface area contributed by atoms with E-state index in [-0.39, 0.29) is 11.1 Å². The van der Waals surface area contributed by atoms with Crippen LogP contribution >= 0.6 is 11.6 Å². The first kappa shape index (κ1) is 10.6. The molecule has 0 fully saturated rings. The monoisotopic (exact) mass is 207 g/mol. The van der Waals surface area contributed by atoms with Crippen LogP contribution in [0.25, 0.3) is 0 Å².